The topological polar surface area (TPSA) is 32.3 Å². The molecule has 1 rings (SSSR count). The molecule has 0 saturated carbocycles. The van der Waals surface area contributed by atoms with E-state index in [1.807, 2.05) is 30.0 Å². The van der Waals surface area contributed by atoms with Gasteiger partial charge in [0, 0.05) is 17.6 Å². The molecular weight excluding hydrogens is 242 g/mol. The van der Waals surface area contributed by atoms with Crippen LogP contribution in [0.5, 0.6) is 5.75 Å². The molecule has 0 bridgehead atoms. The van der Waals surface area contributed by atoms with Crippen molar-refractivity contribution in [1.82, 2.24) is 5.32 Å². The minimum Gasteiger partial charge on any atom is -0.508 e. The maximum Gasteiger partial charge on any atom is 0.120 e. The smallest absolute Gasteiger partial charge is 0.120 e. The van der Waals surface area contributed by atoms with Crippen LogP contribution >= 0.6 is 11.8 Å². The van der Waals surface area contributed by atoms with Crippen molar-refractivity contribution < 1.29 is 5.11 Å². The first-order chi connectivity index (χ1) is 8.69. The molecule has 2 unspecified atom stereocenters. The number of nitrogens with one attached hydrogen (secondary N) is 1. The summed E-state index contributed by atoms with van der Waals surface area (Å²) < 4.78 is 0. The van der Waals surface area contributed by atoms with E-state index < -0.39 is 0 Å². The van der Waals surface area contributed by atoms with Crippen LogP contribution in [0.25, 0.3) is 0 Å². The van der Waals surface area contributed by atoms with Crippen molar-refractivity contribution in [2.45, 2.75) is 45.7 Å². The Morgan fingerprint density at radius 2 is 2.00 bits per heavy atom. The fraction of sp³-hybridized carbons (Fsp3) is 0.600. The number of hydrogen-bond donors (Lipinski definition) is 2. The molecular formula is C15H25NOS. The van der Waals surface area contributed by atoms with Gasteiger partial charge in [-0.25, -0.2) is 0 Å². The Labute approximate surface area is 115 Å². The lowest BCUT2D eigenvalue weighted by Gasteiger charge is -2.23. The first-order valence-corrected chi connectivity index (χ1v) is 7.96. The molecule has 0 amide bonds. The van der Waals surface area contributed by atoms with Crippen LogP contribution < -0.4 is 5.32 Å². The number of thioether (sulfide) groups is 1. The molecule has 0 radical (unpaired) electrons. The van der Waals surface area contributed by atoms with Gasteiger partial charge in [-0.2, -0.15) is 11.8 Å². The maximum atomic E-state index is 9.89. The van der Waals surface area contributed by atoms with Crippen LogP contribution in [0.15, 0.2) is 24.3 Å². The van der Waals surface area contributed by atoms with Crippen molar-refractivity contribution in [1.29, 1.82) is 0 Å². The highest BCUT2D eigenvalue weighted by Gasteiger charge is 2.15. The Bertz CT molecular complexity index is 343. The third kappa shape index (κ3) is 4.91. The van der Waals surface area contributed by atoms with Crippen LogP contribution in [0.3, 0.4) is 0 Å². The monoisotopic (exact) mass is 267 g/mol. The molecule has 2 atom stereocenters. The van der Waals surface area contributed by atoms with E-state index in [2.05, 4.69) is 26.1 Å². The number of para-hydroxylation sites is 1. The molecule has 1 aromatic carbocycles. The standard InChI is InChI=1S/C15H25NOS/c1-4-14(13-8-6-7-9-15(13)17)16-12(3)10-11-18-5-2/h6-9,12,14,16-17H,4-5,10-11H2,1-3H3. The molecule has 102 valence electrons. The van der Waals surface area contributed by atoms with Gasteiger partial charge in [0.1, 0.15) is 5.75 Å². The molecule has 2 nitrogen and oxygen atoms in total. The van der Waals surface area contributed by atoms with Crippen molar-refractivity contribution >= 4 is 11.8 Å². The Balaban J connectivity index is 2.54. The van der Waals surface area contributed by atoms with E-state index in [4.69, 9.17) is 0 Å². The Hall–Kier alpha value is -0.670. The highest BCUT2D eigenvalue weighted by Crippen LogP contribution is 2.26. The summed E-state index contributed by atoms with van der Waals surface area (Å²) in [6.45, 7) is 6.57. The van der Waals surface area contributed by atoms with Gasteiger partial charge in [-0.15, -0.1) is 0 Å². The molecule has 0 fully saturated rings. The molecule has 0 aliphatic rings. The molecule has 18 heavy (non-hydrogen) atoms. The molecule has 0 aromatic heterocycles. The summed E-state index contributed by atoms with van der Waals surface area (Å²) in [6, 6.07) is 8.34. The lowest BCUT2D eigenvalue weighted by molar-refractivity contribution is 0.411. The number of hydrogen-bond acceptors (Lipinski definition) is 3. The normalized spacial score (nSPS) is 14.4. The molecule has 3 heteroatoms. The molecule has 1 aromatic rings. The van der Waals surface area contributed by atoms with E-state index in [0.29, 0.717) is 11.8 Å². The van der Waals surface area contributed by atoms with E-state index in [1.165, 1.54) is 17.9 Å². The first kappa shape index (κ1) is 15.4. The third-order valence-corrected chi connectivity index (χ3v) is 4.04. The van der Waals surface area contributed by atoms with Gasteiger partial charge in [-0.05, 0) is 37.3 Å². The van der Waals surface area contributed by atoms with E-state index in [-0.39, 0.29) is 6.04 Å². The quantitative estimate of drug-likeness (QED) is 0.699. The van der Waals surface area contributed by atoms with Gasteiger partial charge < -0.3 is 10.4 Å². The second-order valence-corrected chi connectivity index (χ2v) is 5.97. The van der Waals surface area contributed by atoms with Crippen LogP contribution in [-0.2, 0) is 0 Å². The van der Waals surface area contributed by atoms with Gasteiger partial charge in [0.15, 0.2) is 0 Å². The highest BCUT2D eigenvalue weighted by atomic mass is 32.2. The summed E-state index contributed by atoms with van der Waals surface area (Å²) in [4.78, 5) is 0. The largest absolute Gasteiger partial charge is 0.508 e. The van der Waals surface area contributed by atoms with Gasteiger partial charge >= 0.3 is 0 Å². The number of phenolic OH excluding ortho intramolecular Hbond substituents is 1. The predicted molar refractivity (Wildman–Crippen MR) is 81.4 cm³/mol. The van der Waals surface area contributed by atoms with E-state index in [9.17, 15) is 5.11 Å². The summed E-state index contributed by atoms with van der Waals surface area (Å²) in [5.41, 5.74) is 1.01. The molecule has 0 aliphatic carbocycles. The van der Waals surface area contributed by atoms with Gasteiger partial charge in [0.05, 0.1) is 0 Å². The van der Waals surface area contributed by atoms with Gasteiger partial charge in [0.25, 0.3) is 0 Å². The van der Waals surface area contributed by atoms with Crippen LogP contribution in [0.4, 0.5) is 0 Å². The van der Waals surface area contributed by atoms with E-state index in [0.717, 1.165) is 12.0 Å². The zero-order valence-electron chi connectivity index (χ0n) is 11.6. The molecule has 2 N–H and O–H groups in total. The SMILES string of the molecule is CCSCCC(C)NC(CC)c1ccccc1O. The average Bonchev–Trinajstić information content (AvgIpc) is 2.37. The molecule has 0 spiro atoms. The minimum atomic E-state index is 0.243. The fourth-order valence-corrected chi connectivity index (χ4v) is 2.85. The molecule has 0 heterocycles. The van der Waals surface area contributed by atoms with Gasteiger partial charge in [0.2, 0.25) is 0 Å². The lowest BCUT2D eigenvalue weighted by atomic mass is 10.0. The van der Waals surface area contributed by atoms with Crippen molar-refractivity contribution in [3.05, 3.63) is 29.8 Å². The van der Waals surface area contributed by atoms with E-state index >= 15 is 0 Å². The van der Waals surface area contributed by atoms with Crippen molar-refractivity contribution in [3.8, 4) is 5.75 Å². The van der Waals surface area contributed by atoms with E-state index in [1.54, 1.807) is 6.07 Å². The summed E-state index contributed by atoms with van der Waals surface area (Å²) in [5.74, 6) is 2.78. The van der Waals surface area contributed by atoms with Gasteiger partial charge in [-0.3, -0.25) is 0 Å². The Morgan fingerprint density at radius 3 is 2.61 bits per heavy atom. The fourth-order valence-electron chi connectivity index (χ4n) is 2.04. The second-order valence-electron chi connectivity index (χ2n) is 4.57. The summed E-state index contributed by atoms with van der Waals surface area (Å²) in [7, 11) is 0. The summed E-state index contributed by atoms with van der Waals surface area (Å²) >= 11 is 1.98. The Morgan fingerprint density at radius 1 is 1.28 bits per heavy atom. The minimum absolute atomic E-state index is 0.243. The van der Waals surface area contributed by atoms with Crippen LogP contribution in [-0.4, -0.2) is 22.7 Å². The second kappa shape index (κ2) is 8.44. The average molecular weight is 267 g/mol. The zero-order valence-corrected chi connectivity index (χ0v) is 12.5. The zero-order chi connectivity index (χ0) is 13.4. The van der Waals surface area contributed by atoms with Gasteiger partial charge in [-0.1, -0.05) is 32.0 Å². The number of benzene rings is 1. The number of phenols is 1. The van der Waals surface area contributed by atoms with Crippen molar-refractivity contribution in [3.63, 3.8) is 0 Å². The van der Waals surface area contributed by atoms with Crippen LogP contribution in [0, 0.1) is 0 Å². The summed E-state index contributed by atoms with van der Waals surface area (Å²) in [6.07, 6.45) is 2.16. The lowest BCUT2D eigenvalue weighted by Crippen LogP contribution is -2.30. The predicted octanol–water partition coefficient (Wildman–Crippen LogP) is 3.96. The Kier molecular flexibility index (Phi) is 7.21. The summed E-state index contributed by atoms with van der Waals surface area (Å²) in [5, 5.41) is 13.5. The van der Waals surface area contributed by atoms with Crippen LogP contribution in [0.2, 0.25) is 0 Å². The number of aromatic hydroxyl groups is 1. The van der Waals surface area contributed by atoms with Crippen molar-refractivity contribution in [2.24, 2.45) is 0 Å². The molecule has 0 saturated heterocycles. The van der Waals surface area contributed by atoms with Crippen LogP contribution in [0.1, 0.15) is 45.2 Å². The highest BCUT2D eigenvalue weighted by molar-refractivity contribution is 7.99. The number of rotatable bonds is 8. The third-order valence-electron chi connectivity index (χ3n) is 3.11. The first-order valence-electron chi connectivity index (χ1n) is 6.80. The van der Waals surface area contributed by atoms with Crippen molar-refractivity contribution in [2.75, 3.05) is 11.5 Å². The maximum absolute atomic E-state index is 9.89. The molecule has 0 aliphatic heterocycles.